The maximum atomic E-state index is 13.2. The third-order valence-electron chi connectivity index (χ3n) is 6.87. The van der Waals surface area contributed by atoms with E-state index in [0.29, 0.717) is 18.7 Å². The number of anilines is 2. The van der Waals surface area contributed by atoms with Gasteiger partial charge in [0.2, 0.25) is 5.91 Å². The third kappa shape index (κ3) is 6.40. The van der Waals surface area contributed by atoms with Gasteiger partial charge in [-0.15, -0.1) is 0 Å². The molecule has 2 aromatic carbocycles. The minimum atomic E-state index is -0.256. The first-order chi connectivity index (χ1) is 18.2. The third-order valence-corrected chi connectivity index (χ3v) is 6.87. The Morgan fingerprint density at radius 2 is 1.57 bits per heavy atom. The number of carbonyl (C=O) groups excluding carboxylic acids is 2. The molecule has 0 unspecified atom stereocenters. The van der Waals surface area contributed by atoms with Gasteiger partial charge in [-0.2, -0.15) is 5.10 Å². The molecular formula is C29H32N6O2. The van der Waals surface area contributed by atoms with Crippen molar-refractivity contribution in [1.29, 1.82) is 0 Å². The van der Waals surface area contributed by atoms with E-state index >= 15 is 0 Å². The number of benzene rings is 2. The molecule has 3 heterocycles. The van der Waals surface area contributed by atoms with Gasteiger partial charge in [0.25, 0.3) is 5.91 Å². The Hall–Kier alpha value is -4.04. The molecule has 37 heavy (non-hydrogen) atoms. The number of amides is 2. The van der Waals surface area contributed by atoms with Gasteiger partial charge in [-0.3, -0.25) is 19.5 Å². The molecule has 0 spiro atoms. The number of carbonyl (C=O) groups is 2. The highest BCUT2D eigenvalue weighted by Crippen LogP contribution is 2.27. The standard InChI is InChI=1S/C29H32N6O2/c36-28-11-10-26(32-35(28)22-24-6-2-1-3-7-24)29(37)31-25-8-4-5-9-27(25)34-20-18-33(19-21-34)17-14-23-12-15-30-16-13-23/h1-9,12-13,15-16H,10-11,14,17-22H2,(H,31,37). The van der Waals surface area contributed by atoms with Crippen LogP contribution in [0, 0.1) is 0 Å². The highest BCUT2D eigenvalue weighted by molar-refractivity contribution is 6.43. The smallest absolute Gasteiger partial charge is 0.271 e. The summed E-state index contributed by atoms with van der Waals surface area (Å²) in [6.45, 7) is 5.10. The number of nitrogens with zero attached hydrogens (tertiary/aromatic N) is 5. The fourth-order valence-corrected chi connectivity index (χ4v) is 4.74. The van der Waals surface area contributed by atoms with Crippen LogP contribution < -0.4 is 10.2 Å². The van der Waals surface area contributed by atoms with Crippen LogP contribution in [0.2, 0.25) is 0 Å². The van der Waals surface area contributed by atoms with E-state index in [0.717, 1.165) is 56.1 Å². The topological polar surface area (TPSA) is 81.1 Å². The Balaban J connectivity index is 1.20. The summed E-state index contributed by atoms with van der Waals surface area (Å²) >= 11 is 0. The molecule has 2 amide bonds. The number of nitrogens with one attached hydrogen (secondary N) is 1. The zero-order chi connectivity index (χ0) is 25.5. The van der Waals surface area contributed by atoms with Crippen LogP contribution in [0.4, 0.5) is 11.4 Å². The van der Waals surface area contributed by atoms with Crippen molar-refractivity contribution in [3.05, 3.63) is 90.3 Å². The lowest BCUT2D eigenvalue weighted by molar-refractivity contribution is -0.132. The van der Waals surface area contributed by atoms with E-state index < -0.39 is 0 Å². The van der Waals surface area contributed by atoms with Crippen molar-refractivity contribution in [2.24, 2.45) is 5.10 Å². The van der Waals surface area contributed by atoms with Crippen LogP contribution in [0.15, 0.2) is 84.2 Å². The van der Waals surface area contributed by atoms with Gasteiger partial charge in [0, 0.05) is 58.0 Å². The molecule has 1 saturated heterocycles. The highest BCUT2D eigenvalue weighted by atomic mass is 16.2. The molecule has 190 valence electrons. The van der Waals surface area contributed by atoms with E-state index in [1.165, 1.54) is 10.6 Å². The fourth-order valence-electron chi connectivity index (χ4n) is 4.74. The Morgan fingerprint density at radius 1 is 0.838 bits per heavy atom. The summed E-state index contributed by atoms with van der Waals surface area (Å²) in [6, 6.07) is 21.7. The average Bonchev–Trinajstić information content (AvgIpc) is 2.95. The van der Waals surface area contributed by atoms with E-state index in [1.54, 1.807) is 0 Å². The SMILES string of the molecule is O=C(Nc1ccccc1N1CCN(CCc2ccncc2)CC1)C1=NN(Cc2ccccc2)C(=O)CC1. The molecule has 0 bridgehead atoms. The van der Waals surface area contributed by atoms with Crippen molar-refractivity contribution in [3.8, 4) is 0 Å². The summed E-state index contributed by atoms with van der Waals surface area (Å²) in [5.74, 6) is -0.323. The molecule has 8 heteroatoms. The Bertz CT molecular complexity index is 1240. The lowest BCUT2D eigenvalue weighted by atomic mass is 10.1. The molecule has 1 fully saturated rings. The summed E-state index contributed by atoms with van der Waals surface area (Å²) in [7, 11) is 0. The monoisotopic (exact) mass is 496 g/mol. The maximum Gasteiger partial charge on any atom is 0.271 e. The predicted octanol–water partition coefficient (Wildman–Crippen LogP) is 3.56. The fraction of sp³-hybridized carbons (Fsp3) is 0.310. The van der Waals surface area contributed by atoms with Gasteiger partial charge >= 0.3 is 0 Å². The normalized spacial score (nSPS) is 16.4. The Morgan fingerprint density at radius 3 is 2.35 bits per heavy atom. The second-order valence-electron chi connectivity index (χ2n) is 9.39. The van der Waals surface area contributed by atoms with Gasteiger partial charge in [-0.1, -0.05) is 42.5 Å². The minimum absolute atomic E-state index is 0.0670. The van der Waals surface area contributed by atoms with Crippen LogP contribution in [-0.2, 0) is 22.6 Å². The van der Waals surface area contributed by atoms with Crippen molar-refractivity contribution < 1.29 is 9.59 Å². The summed E-state index contributed by atoms with van der Waals surface area (Å²) in [4.78, 5) is 34.5. The molecule has 5 rings (SSSR count). The van der Waals surface area contributed by atoms with Gasteiger partial charge in [-0.05, 0) is 41.8 Å². The van der Waals surface area contributed by atoms with Gasteiger partial charge in [0.15, 0.2) is 0 Å². The predicted molar refractivity (Wildman–Crippen MR) is 145 cm³/mol. The second kappa shape index (κ2) is 11.8. The second-order valence-corrected chi connectivity index (χ2v) is 9.39. The molecule has 1 N–H and O–H groups in total. The lowest BCUT2D eigenvalue weighted by Crippen LogP contribution is -2.47. The maximum absolute atomic E-state index is 13.2. The molecule has 8 nitrogen and oxygen atoms in total. The Kier molecular flexibility index (Phi) is 7.86. The van der Waals surface area contributed by atoms with Crippen LogP contribution in [-0.4, -0.2) is 65.1 Å². The van der Waals surface area contributed by atoms with E-state index in [4.69, 9.17) is 0 Å². The molecule has 0 atom stereocenters. The summed E-state index contributed by atoms with van der Waals surface area (Å²) in [5, 5.41) is 8.89. The van der Waals surface area contributed by atoms with Crippen LogP contribution in [0.3, 0.4) is 0 Å². The van der Waals surface area contributed by atoms with Crippen LogP contribution in [0.5, 0.6) is 0 Å². The van der Waals surface area contributed by atoms with Crippen LogP contribution >= 0.6 is 0 Å². The number of hydrogen-bond acceptors (Lipinski definition) is 6. The van der Waals surface area contributed by atoms with Crippen molar-refractivity contribution in [3.63, 3.8) is 0 Å². The molecule has 2 aliphatic rings. The largest absolute Gasteiger partial charge is 0.367 e. The Labute approximate surface area is 217 Å². The van der Waals surface area contributed by atoms with E-state index in [-0.39, 0.29) is 18.2 Å². The number of rotatable bonds is 8. The van der Waals surface area contributed by atoms with Crippen LogP contribution in [0.1, 0.15) is 24.0 Å². The number of pyridine rings is 1. The van der Waals surface area contributed by atoms with Gasteiger partial charge < -0.3 is 10.2 Å². The average molecular weight is 497 g/mol. The number of para-hydroxylation sites is 2. The molecule has 2 aliphatic heterocycles. The highest BCUT2D eigenvalue weighted by Gasteiger charge is 2.26. The lowest BCUT2D eigenvalue weighted by Gasteiger charge is -2.37. The number of aromatic nitrogens is 1. The quantitative estimate of drug-likeness (QED) is 0.516. The molecule has 0 saturated carbocycles. The van der Waals surface area contributed by atoms with Crippen molar-refractivity contribution in [2.45, 2.75) is 25.8 Å². The van der Waals surface area contributed by atoms with Crippen molar-refractivity contribution in [2.75, 3.05) is 42.9 Å². The molecular weight excluding hydrogens is 464 g/mol. The van der Waals surface area contributed by atoms with Gasteiger partial charge in [0.05, 0.1) is 17.9 Å². The first-order valence-electron chi connectivity index (χ1n) is 12.8. The molecule has 0 aliphatic carbocycles. The minimum Gasteiger partial charge on any atom is -0.367 e. The van der Waals surface area contributed by atoms with E-state index in [2.05, 4.69) is 43.4 Å². The van der Waals surface area contributed by atoms with Crippen molar-refractivity contribution >= 4 is 28.9 Å². The van der Waals surface area contributed by atoms with Gasteiger partial charge in [0.1, 0.15) is 5.71 Å². The summed E-state index contributed by atoms with van der Waals surface area (Å²) in [5.41, 5.74) is 4.45. The molecule has 1 aromatic heterocycles. The zero-order valence-electron chi connectivity index (χ0n) is 20.9. The van der Waals surface area contributed by atoms with E-state index in [1.807, 2.05) is 60.9 Å². The number of piperazine rings is 1. The van der Waals surface area contributed by atoms with E-state index in [9.17, 15) is 9.59 Å². The first-order valence-corrected chi connectivity index (χ1v) is 12.8. The number of hydrogen-bond donors (Lipinski definition) is 1. The van der Waals surface area contributed by atoms with Crippen molar-refractivity contribution in [1.82, 2.24) is 14.9 Å². The van der Waals surface area contributed by atoms with Gasteiger partial charge in [-0.25, -0.2) is 5.01 Å². The number of hydrazone groups is 1. The molecule has 3 aromatic rings. The zero-order valence-corrected chi connectivity index (χ0v) is 20.9. The van der Waals surface area contributed by atoms with Crippen LogP contribution in [0.25, 0.3) is 0 Å². The first kappa shape index (κ1) is 24.6. The molecule has 0 radical (unpaired) electrons. The summed E-state index contributed by atoms with van der Waals surface area (Å²) < 4.78 is 0. The summed E-state index contributed by atoms with van der Waals surface area (Å²) in [6.07, 6.45) is 5.32.